The number of nitrogens with zero attached hydrogens (tertiary/aromatic N) is 6. The van der Waals surface area contributed by atoms with Gasteiger partial charge in [0.25, 0.3) is 0 Å². The Morgan fingerprint density at radius 1 is 1.02 bits per heavy atom. The Balaban J connectivity index is 1.13. The van der Waals surface area contributed by atoms with Crippen LogP contribution in [0.15, 0.2) is 42.7 Å². The minimum atomic E-state index is -3.24. The smallest absolute Gasteiger partial charge is 0.306 e. The summed E-state index contributed by atoms with van der Waals surface area (Å²) in [7, 11) is -3.24. The van der Waals surface area contributed by atoms with Crippen molar-refractivity contribution in [3.8, 4) is 22.9 Å². The van der Waals surface area contributed by atoms with Crippen LogP contribution < -0.4 is 14.4 Å². The predicted octanol–water partition coefficient (Wildman–Crippen LogP) is 4.24. The number of nitrogens with one attached hydrogen (secondary N) is 1. The van der Waals surface area contributed by atoms with Crippen molar-refractivity contribution in [2.24, 2.45) is 17.8 Å². The van der Waals surface area contributed by atoms with E-state index in [2.05, 4.69) is 29.4 Å². The van der Waals surface area contributed by atoms with Gasteiger partial charge in [-0.1, -0.05) is 30.1 Å². The van der Waals surface area contributed by atoms with Gasteiger partial charge in [0.2, 0.25) is 21.9 Å². The number of carboxylic acid groups (broad SMARTS) is 1. The molecule has 15 heteroatoms. The molecule has 4 atom stereocenters. The van der Waals surface area contributed by atoms with Crippen LogP contribution in [0.25, 0.3) is 11.3 Å². The lowest BCUT2D eigenvalue weighted by molar-refractivity contribution is -0.141. The SMILES string of the molecule is CC(CCN1CCN(c2ncc(Oc3cc(CN4CC[C@@H]5[C@H](C4)[C@H]5NS(C)(=O)=O)cc(-c4cc(Cl)cc(Cl)c4)n3)cn2)CC1)C(=O)O. The van der Waals surface area contributed by atoms with Crippen molar-refractivity contribution in [2.75, 3.05) is 57.0 Å². The lowest BCUT2D eigenvalue weighted by atomic mass is 10.1. The zero-order valence-electron chi connectivity index (χ0n) is 26.3. The Bertz CT molecular complexity index is 1690. The standard InChI is InChI=1S/C32H39Cl2N7O5S/c1-20(31(42)43)3-5-39-7-9-41(10-8-39)32-35-16-25(17-36-32)46-29-12-21(11-28(37-29)22-13-23(33)15-24(34)14-22)18-40-6-4-26-27(19-40)30(26)38-47(2,44)45/h11-17,20,26-27,30,38H,3-10,18-19H2,1-2H3,(H,42,43)/t20?,26-,27+,30+/m1/s1. The van der Waals surface area contributed by atoms with Gasteiger partial charge in [-0.2, -0.15) is 0 Å². The number of piperidine rings is 1. The van der Waals surface area contributed by atoms with Crippen LogP contribution >= 0.6 is 23.2 Å². The van der Waals surface area contributed by atoms with Gasteiger partial charge in [-0.05, 0) is 67.6 Å². The maximum atomic E-state index is 11.8. The molecule has 12 nitrogen and oxygen atoms in total. The fourth-order valence-electron chi connectivity index (χ4n) is 6.50. The molecule has 3 fully saturated rings. The van der Waals surface area contributed by atoms with Gasteiger partial charge in [0.05, 0.1) is 30.3 Å². The zero-order valence-corrected chi connectivity index (χ0v) is 28.7. The quantitative estimate of drug-likeness (QED) is 0.280. The Morgan fingerprint density at radius 2 is 1.72 bits per heavy atom. The van der Waals surface area contributed by atoms with Crippen molar-refractivity contribution >= 4 is 45.1 Å². The molecule has 252 valence electrons. The fraction of sp³-hybridized carbons (Fsp3) is 0.500. The minimum absolute atomic E-state index is 0.00924. The van der Waals surface area contributed by atoms with Gasteiger partial charge >= 0.3 is 5.97 Å². The average molecular weight is 705 g/mol. The summed E-state index contributed by atoms with van der Waals surface area (Å²) in [6.07, 6.45) is 6.06. The number of sulfonamides is 1. The van der Waals surface area contributed by atoms with Crippen LogP contribution in [0.5, 0.6) is 11.6 Å². The lowest BCUT2D eigenvalue weighted by Crippen LogP contribution is -2.47. The molecule has 0 spiro atoms. The summed E-state index contributed by atoms with van der Waals surface area (Å²) in [5.41, 5.74) is 2.41. The predicted molar refractivity (Wildman–Crippen MR) is 181 cm³/mol. The molecule has 0 amide bonds. The van der Waals surface area contributed by atoms with E-state index in [1.54, 1.807) is 25.4 Å². The van der Waals surface area contributed by atoms with Crippen molar-refractivity contribution in [1.82, 2.24) is 29.5 Å². The molecule has 6 rings (SSSR count). The highest BCUT2D eigenvalue weighted by molar-refractivity contribution is 7.88. The number of fused-ring (bicyclic) bond motifs is 1. The van der Waals surface area contributed by atoms with Gasteiger partial charge in [-0.15, -0.1) is 0 Å². The Morgan fingerprint density at radius 3 is 2.38 bits per heavy atom. The van der Waals surface area contributed by atoms with E-state index >= 15 is 0 Å². The third kappa shape index (κ3) is 8.89. The molecule has 1 aromatic carbocycles. The van der Waals surface area contributed by atoms with E-state index in [4.69, 9.17) is 38.0 Å². The number of ether oxygens (including phenoxy) is 1. The van der Waals surface area contributed by atoms with Crippen LogP contribution in [0.4, 0.5) is 5.95 Å². The van der Waals surface area contributed by atoms with Gasteiger partial charge in [0, 0.05) is 67.0 Å². The van der Waals surface area contributed by atoms with Crippen LogP contribution in [-0.4, -0.2) is 102 Å². The first kappa shape index (κ1) is 33.8. The monoisotopic (exact) mass is 703 g/mol. The molecule has 47 heavy (non-hydrogen) atoms. The number of hydrogen-bond donors (Lipinski definition) is 2. The van der Waals surface area contributed by atoms with E-state index in [1.165, 1.54) is 6.26 Å². The van der Waals surface area contributed by atoms with Crippen molar-refractivity contribution < 1.29 is 23.1 Å². The topological polar surface area (TPSA) is 141 Å². The molecule has 0 bridgehead atoms. The zero-order chi connectivity index (χ0) is 33.3. The average Bonchev–Trinajstić information content (AvgIpc) is 3.69. The van der Waals surface area contributed by atoms with Crippen molar-refractivity contribution in [3.63, 3.8) is 0 Å². The van der Waals surface area contributed by atoms with Gasteiger partial charge in [0.15, 0.2) is 5.75 Å². The highest BCUT2D eigenvalue weighted by Crippen LogP contribution is 2.46. The lowest BCUT2D eigenvalue weighted by Gasteiger charge is -2.34. The number of carboxylic acids is 1. The molecular formula is C32H39Cl2N7O5S. The van der Waals surface area contributed by atoms with Gasteiger partial charge < -0.3 is 14.7 Å². The second kappa shape index (κ2) is 14.2. The number of pyridine rings is 1. The number of benzene rings is 1. The number of aliphatic carboxylic acids is 1. The van der Waals surface area contributed by atoms with E-state index in [0.29, 0.717) is 58.1 Å². The molecule has 0 radical (unpaired) electrons. The number of aromatic nitrogens is 3. The van der Waals surface area contributed by atoms with Crippen LogP contribution in [-0.2, 0) is 21.4 Å². The van der Waals surface area contributed by atoms with E-state index in [0.717, 1.165) is 63.4 Å². The summed E-state index contributed by atoms with van der Waals surface area (Å²) in [4.78, 5) is 31.7. The minimum Gasteiger partial charge on any atom is -0.481 e. The molecule has 2 N–H and O–H groups in total. The first-order chi connectivity index (χ1) is 22.4. The summed E-state index contributed by atoms with van der Waals surface area (Å²) in [6.45, 7) is 7.94. The Hall–Kier alpha value is -3.07. The van der Waals surface area contributed by atoms with E-state index < -0.39 is 16.0 Å². The van der Waals surface area contributed by atoms with Gasteiger partial charge in [-0.3, -0.25) is 14.6 Å². The second-order valence-corrected chi connectivity index (χ2v) is 15.5. The normalized spacial score (nSPS) is 22.5. The van der Waals surface area contributed by atoms with E-state index in [-0.39, 0.29) is 12.0 Å². The van der Waals surface area contributed by atoms with Crippen LogP contribution in [0.2, 0.25) is 10.0 Å². The third-order valence-electron chi connectivity index (χ3n) is 9.15. The maximum Gasteiger partial charge on any atom is 0.306 e. The molecule has 1 unspecified atom stereocenters. The molecule has 2 saturated heterocycles. The highest BCUT2D eigenvalue weighted by atomic mass is 35.5. The number of halogens is 2. The van der Waals surface area contributed by atoms with E-state index in [1.807, 2.05) is 24.3 Å². The first-order valence-corrected chi connectivity index (χ1v) is 18.4. The maximum absolute atomic E-state index is 11.8. The first-order valence-electron chi connectivity index (χ1n) is 15.8. The number of anilines is 1. The summed E-state index contributed by atoms with van der Waals surface area (Å²) in [6, 6.07) is 9.21. The number of piperazine rings is 1. The van der Waals surface area contributed by atoms with Gasteiger partial charge in [0.1, 0.15) is 0 Å². The number of hydrogen-bond acceptors (Lipinski definition) is 10. The number of rotatable bonds is 12. The number of likely N-dealkylation sites (tertiary alicyclic amines) is 1. The molecule has 3 aliphatic rings. The largest absolute Gasteiger partial charge is 0.481 e. The van der Waals surface area contributed by atoms with Crippen LogP contribution in [0.1, 0.15) is 25.3 Å². The summed E-state index contributed by atoms with van der Waals surface area (Å²) >= 11 is 12.7. The van der Waals surface area contributed by atoms with Crippen molar-refractivity contribution in [1.29, 1.82) is 0 Å². The summed E-state index contributed by atoms with van der Waals surface area (Å²) in [5, 5.41) is 10.1. The second-order valence-electron chi connectivity index (χ2n) is 12.8. The summed E-state index contributed by atoms with van der Waals surface area (Å²) in [5.74, 6) is 1.02. The Kier molecular flexibility index (Phi) is 10.2. The fourth-order valence-corrected chi connectivity index (χ4v) is 7.87. The molecule has 3 aromatic rings. The van der Waals surface area contributed by atoms with Crippen LogP contribution in [0.3, 0.4) is 0 Å². The third-order valence-corrected chi connectivity index (χ3v) is 10.3. The molecule has 1 saturated carbocycles. The summed E-state index contributed by atoms with van der Waals surface area (Å²) < 4.78 is 32.5. The van der Waals surface area contributed by atoms with Crippen molar-refractivity contribution in [3.05, 3.63) is 58.3 Å². The number of carbonyl (C=O) groups is 1. The molecule has 2 aromatic heterocycles. The van der Waals surface area contributed by atoms with Crippen LogP contribution in [0, 0.1) is 17.8 Å². The Labute approximate surface area is 285 Å². The molecule has 2 aliphatic heterocycles. The molecular weight excluding hydrogens is 665 g/mol. The van der Waals surface area contributed by atoms with Crippen molar-refractivity contribution in [2.45, 2.75) is 32.4 Å². The molecule has 1 aliphatic carbocycles. The van der Waals surface area contributed by atoms with Gasteiger partial charge in [-0.25, -0.2) is 28.1 Å². The highest BCUT2D eigenvalue weighted by Gasteiger charge is 2.53. The van der Waals surface area contributed by atoms with E-state index in [9.17, 15) is 13.2 Å². The molecule has 4 heterocycles.